The molecule has 0 radical (unpaired) electrons. The lowest BCUT2D eigenvalue weighted by atomic mass is 10.1. The third-order valence-electron chi connectivity index (χ3n) is 3.13. The Morgan fingerprint density at radius 1 is 1.33 bits per heavy atom. The second-order valence-electron chi connectivity index (χ2n) is 5.43. The molecule has 0 aliphatic carbocycles. The van der Waals surface area contributed by atoms with Gasteiger partial charge in [-0.2, -0.15) is 0 Å². The Kier molecular flexibility index (Phi) is 4.96. The monoisotopic (exact) mass is 303 g/mol. The summed E-state index contributed by atoms with van der Waals surface area (Å²) < 4.78 is 0. The second kappa shape index (κ2) is 6.72. The van der Waals surface area contributed by atoms with Crippen molar-refractivity contribution in [3.05, 3.63) is 29.8 Å². The van der Waals surface area contributed by atoms with Crippen LogP contribution in [0.1, 0.15) is 32.8 Å². The number of nitrogens with two attached hydrogens (primary N) is 1. The van der Waals surface area contributed by atoms with Gasteiger partial charge in [0.15, 0.2) is 5.13 Å². The highest BCUT2D eigenvalue weighted by molar-refractivity contribution is 7.20. The number of nitrogen functional groups attached to an aromatic ring is 1. The Hall–Kier alpha value is -1.88. The number of anilines is 2. The van der Waals surface area contributed by atoms with E-state index in [0.29, 0.717) is 22.5 Å². The number of nitrogens with zero attached hydrogens (tertiary/aromatic N) is 1. The summed E-state index contributed by atoms with van der Waals surface area (Å²) in [7, 11) is 0. The minimum absolute atomic E-state index is 0.0216. The average molecular weight is 303 g/mol. The summed E-state index contributed by atoms with van der Waals surface area (Å²) in [5, 5.41) is 4.00. The molecule has 2 rings (SSSR count). The number of nitrogens with one attached hydrogen (secondary N) is 1. The molecule has 1 heterocycles. The number of rotatable bonds is 5. The van der Waals surface area contributed by atoms with Gasteiger partial charge in [0.2, 0.25) is 5.91 Å². The molecule has 0 aliphatic heterocycles. The van der Waals surface area contributed by atoms with Crippen LogP contribution in [0.3, 0.4) is 0 Å². The topological polar surface area (TPSA) is 68.0 Å². The van der Waals surface area contributed by atoms with Gasteiger partial charge in [0.25, 0.3) is 0 Å². The zero-order valence-corrected chi connectivity index (χ0v) is 13.5. The number of thiazole rings is 1. The quantitative estimate of drug-likeness (QED) is 0.879. The van der Waals surface area contributed by atoms with Gasteiger partial charge in [0.1, 0.15) is 10.7 Å². The summed E-state index contributed by atoms with van der Waals surface area (Å²) in [6.07, 6.45) is 1.49. The van der Waals surface area contributed by atoms with E-state index in [9.17, 15) is 4.79 Å². The van der Waals surface area contributed by atoms with Gasteiger partial charge in [0.05, 0.1) is 0 Å². The molecule has 21 heavy (non-hydrogen) atoms. The van der Waals surface area contributed by atoms with Crippen molar-refractivity contribution in [2.75, 3.05) is 11.1 Å². The van der Waals surface area contributed by atoms with Crippen molar-refractivity contribution in [1.29, 1.82) is 0 Å². The molecule has 0 saturated carbocycles. The summed E-state index contributed by atoms with van der Waals surface area (Å²) in [5.41, 5.74) is 9.02. The first-order valence-corrected chi connectivity index (χ1v) is 7.96. The molecular weight excluding hydrogens is 282 g/mol. The van der Waals surface area contributed by atoms with Crippen LogP contribution in [0.25, 0.3) is 11.3 Å². The molecule has 1 aromatic heterocycles. The fourth-order valence-corrected chi connectivity index (χ4v) is 2.80. The summed E-state index contributed by atoms with van der Waals surface area (Å²) in [4.78, 5) is 16.2. The molecule has 0 atom stereocenters. The minimum Gasteiger partial charge on any atom is -0.389 e. The van der Waals surface area contributed by atoms with Gasteiger partial charge in [-0.1, -0.05) is 56.4 Å². The molecule has 112 valence electrons. The highest BCUT2D eigenvalue weighted by Crippen LogP contribution is 2.33. The molecule has 0 unspecified atom stereocenters. The summed E-state index contributed by atoms with van der Waals surface area (Å²) in [6.45, 7) is 6.14. The van der Waals surface area contributed by atoms with Crippen LogP contribution in [0.5, 0.6) is 0 Å². The number of aryl methyl sites for hydroxylation is 1. The highest BCUT2D eigenvalue weighted by atomic mass is 32.1. The van der Waals surface area contributed by atoms with Gasteiger partial charge in [-0.15, -0.1) is 0 Å². The van der Waals surface area contributed by atoms with Gasteiger partial charge in [-0.05, 0) is 17.9 Å². The van der Waals surface area contributed by atoms with Crippen molar-refractivity contribution in [3.63, 3.8) is 0 Å². The molecule has 0 bridgehead atoms. The molecule has 2 aromatic rings. The Morgan fingerprint density at radius 3 is 2.57 bits per heavy atom. The number of aromatic nitrogens is 1. The van der Waals surface area contributed by atoms with Crippen LogP contribution in [-0.2, 0) is 11.2 Å². The molecule has 1 amide bonds. The van der Waals surface area contributed by atoms with E-state index in [4.69, 9.17) is 5.73 Å². The van der Waals surface area contributed by atoms with Gasteiger partial charge >= 0.3 is 0 Å². The van der Waals surface area contributed by atoms with Crippen LogP contribution in [-0.4, -0.2) is 10.9 Å². The Labute approximate surface area is 129 Å². The molecule has 3 N–H and O–H groups in total. The maximum atomic E-state index is 11.8. The lowest BCUT2D eigenvalue weighted by molar-refractivity contribution is -0.116. The number of amides is 1. The molecule has 0 fully saturated rings. The van der Waals surface area contributed by atoms with E-state index in [2.05, 4.69) is 29.4 Å². The zero-order valence-electron chi connectivity index (χ0n) is 12.6. The van der Waals surface area contributed by atoms with Crippen LogP contribution in [0.2, 0.25) is 0 Å². The van der Waals surface area contributed by atoms with E-state index in [-0.39, 0.29) is 5.91 Å². The van der Waals surface area contributed by atoms with Gasteiger partial charge in [-0.25, -0.2) is 4.98 Å². The SMILES string of the molecule is CCc1ccc(-c2nc(NC(=O)CC(C)C)sc2N)cc1. The van der Waals surface area contributed by atoms with E-state index in [0.717, 1.165) is 17.7 Å². The average Bonchev–Trinajstić information content (AvgIpc) is 2.78. The molecule has 4 nitrogen and oxygen atoms in total. The van der Waals surface area contributed by atoms with Crippen LogP contribution >= 0.6 is 11.3 Å². The lowest BCUT2D eigenvalue weighted by Crippen LogP contribution is -2.13. The first kappa shape index (κ1) is 15.5. The Bertz CT molecular complexity index is 617. The molecule has 5 heteroatoms. The van der Waals surface area contributed by atoms with Crippen molar-refractivity contribution in [3.8, 4) is 11.3 Å². The van der Waals surface area contributed by atoms with E-state index >= 15 is 0 Å². The maximum absolute atomic E-state index is 11.8. The van der Waals surface area contributed by atoms with Gasteiger partial charge in [0, 0.05) is 12.0 Å². The maximum Gasteiger partial charge on any atom is 0.226 e. The van der Waals surface area contributed by atoms with Crippen molar-refractivity contribution < 1.29 is 4.79 Å². The number of carbonyl (C=O) groups is 1. The fourth-order valence-electron chi connectivity index (χ4n) is 2.03. The van der Waals surface area contributed by atoms with E-state index in [1.165, 1.54) is 16.9 Å². The lowest BCUT2D eigenvalue weighted by Gasteiger charge is -2.03. The Morgan fingerprint density at radius 2 is 2.00 bits per heavy atom. The zero-order chi connectivity index (χ0) is 15.4. The van der Waals surface area contributed by atoms with Crippen molar-refractivity contribution in [1.82, 2.24) is 4.98 Å². The first-order chi connectivity index (χ1) is 9.99. The fraction of sp³-hybridized carbons (Fsp3) is 0.375. The number of carbonyl (C=O) groups excluding carboxylic acids is 1. The van der Waals surface area contributed by atoms with E-state index in [1.54, 1.807) is 0 Å². The Balaban J connectivity index is 2.16. The third-order valence-corrected chi connectivity index (χ3v) is 3.93. The molecule has 0 saturated heterocycles. The number of hydrogen-bond acceptors (Lipinski definition) is 4. The summed E-state index contributed by atoms with van der Waals surface area (Å²) in [5.74, 6) is 0.301. The predicted molar refractivity (Wildman–Crippen MR) is 89.4 cm³/mol. The highest BCUT2D eigenvalue weighted by Gasteiger charge is 2.13. The smallest absolute Gasteiger partial charge is 0.226 e. The first-order valence-electron chi connectivity index (χ1n) is 7.15. The standard InChI is InChI=1S/C16H21N3OS/c1-4-11-5-7-12(8-6-11)14-15(17)21-16(19-14)18-13(20)9-10(2)3/h5-8,10H,4,9,17H2,1-3H3,(H,18,19,20). The largest absolute Gasteiger partial charge is 0.389 e. The summed E-state index contributed by atoms with van der Waals surface area (Å²) >= 11 is 1.31. The second-order valence-corrected chi connectivity index (χ2v) is 6.46. The van der Waals surface area contributed by atoms with E-state index in [1.807, 2.05) is 26.0 Å². The normalized spacial score (nSPS) is 10.9. The third kappa shape index (κ3) is 4.04. The van der Waals surface area contributed by atoms with Crippen LogP contribution < -0.4 is 11.1 Å². The van der Waals surface area contributed by atoms with Crippen LogP contribution in [0, 0.1) is 5.92 Å². The van der Waals surface area contributed by atoms with Crippen molar-refractivity contribution in [2.45, 2.75) is 33.6 Å². The van der Waals surface area contributed by atoms with Gasteiger partial charge in [-0.3, -0.25) is 4.79 Å². The number of benzene rings is 1. The van der Waals surface area contributed by atoms with Crippen LogP contribution in [0.15, 0.2) is 24.3 Å². The number of hydrogen-bond donors (Lipinski definition) is 2. The molecule has 0 aliphatic rings. The molecule has 1 aromatic carbocycles. The van der Waals surface area contributed by atoms with Crippen molar-refractivity contribution >= 4 is 27.4 Å². The summed E-state index contributed by atoms with van der Waals surface area (Å²) in [6, 6.07) is 8.18. The predicted octanol–water partition coefficient (Wildman–Crippen LogP) is 3.94. The minimum atomic E-state index is -0.0216. The van der Waals surface area contributed by atoms with Crippen molar-refractivity contribution in [2.24, 2.45) is 5.92 Å². The van der Waals surface area contributed by atoms with Gasteiger partial charge < -0.3 is 11.1 Å². The van der Waals surface area contributed by atoms with Crippen LogP contribution in [0.4, 0.5) is 10.1 Å². The molecular formula is C16H21N3OS. The van der Waals surface area contributed by atoms with E-state index < -0.39 is 0 Å². The molecule has 0 spiro atoms.